The Labute approximate surface area is 203 Å². The molecule has 3 aromatic rings. The summed E-state index contributed by atoms with van der Waals surface area (Å²) < 4.78 is 11.0. The predicted octanol–water partition coefficient (Wildman–Crippen LogP) is 5.12. The number of carbonyl (C=O) groups is 2. The molecule has 1 amide bonds. The number of nitrogens with zero attached hydrogens (tertiary/aromatic N) is 1. The van der Waals surface area contributed by atoms with Crippen molar-refractivity contribution in [2.75, 3.05) is 12.0 Å². The van der Waals surface area contributed by atoms with Crippen LogP contribution in [-0.2, 0) is 9.59 Å². The van der Waals surface area contributed by atoms with Gasteiger partial charge in [-0.3, -0.25) is 14.5 Å². The first-order valence-electron chi connectivity index (χ1n) is 11.2. The summed E-state index contributed by atoms with van der Waals surface area (Å²) in [5.74, 6) is -0.646. The molecular formula is C28H27NO6. The lowest BCUT2D eigenvalue weighted by Crippen LogP contribution is -2.29. The number of ketones is 1. The van der Waals surface area contributed by atoms with Gasteiger partial charge in [-0.25, -0.2) is 0 Å². The zero-order chi connectivity index (χ0) is 25.3. The van der Waals surface area contributed by atoms with Crippen LogP contribution in [0.4, 0.5) is 5.69 Å². The summed E-state index contributed by atoms with van der Waals surface area (Å²) in [7, 11) is 1.54. The first-order valence-corrected chi connectivity index (χ1v) is 11.2. The van der Waals surface area contributed by atoms with Crippen LogP contribution in [0.2, 0.25) is 0 Å². The van der Waals surface area contributed by atoms with Gasteiger partial charge in [0.1, 0.15) is 23.0 Å². The van der Waals surface area contributed by atoms with Gasteiger partial charge in [0.25, 0.3) is 11.7 Å². The van der Waals surface area contributed by atoms with E-state index in [4.69, 9.17) is 9.47 Å². The van der Waals surface area contributed by atoms with Crippen molar-refractivity contribution in [1.82, 2.24) is 0 Å². The Morgan fingerprint density at radius 2 is 1.71 bits per heavy atom. The van der Waals surface area contributed by atoms with Gasteiger partial charge >= 0.3 is 0 Å². The molecule has 1 fully saturated rings. The average molecular weight is 474 g/mol. The summed E-state index contributed by atoms with van der Waals surface area (Å²) in [5.41, 5.74) is 2.04. The number of hydrogen-bond acceptors (Lipinski definition) is 6. The Morgan fingerprint density at radius 3 is 2.31 bits per heavy atom. The van der Waals surface area contributed by atoms with E-state index in [1.54, 1.807) is 54.6 Å². The van der Waals surface area contributed by atoms with E-state index in [0.717, 1.165) is 5.56 Å². The number of carbonyl (C=O) groups excluding carboxylic acids is 2. The van der Waals surface area contributed by atoms with E-state index < -0.39 is 17.7 Å². The van der Waals surface area contributed by atoms with Crippen molar-refractivity contribution in [2.45, 2.75) is 32.9 Å². The number of methoxy groups -OCH3 is 1. The van der Waals surface area contributed by atoms with Crippen LogP contribution in [0.15, 0.2) is 72.3 Å². The molecule has 1 heterocycles. The SMILES string of the molecule is COc1ccc(N2C(=O)C(=O)/C(=C(\O)c3ccc(OC(C)C)c(C)c3)C2c2cccc(O)c2)cc1. The molecule has 0 aromatic heterocycles. The van der Waals surface area contributed by atoms with Crippen LogP contribution in [0.1, 0.15) is 36.6 Å². The average Bonchev–Trinajstić information content (AvgIpc) is 3.10. The first-order chi connectivity index (χ1) is 16.7. The lowest BCUT2D eigenvalue weighted by atomic mass is 9.94. The van der Waals surface area contributed by atoms with Gasteiger partial charge < -0.3 is 19.7 Å². The molecular weight excluding hydrogens is 446 g/mol. The number of phenolic OH excluding ortho intramolecular Hbond substituents is 1. The molecule has 1 unspecified atom stereocenters. The maximum absolute atomic E-state index is 13.3. The summed E-state index contributed by atoms with van der Waals surface area (Å²) in [6.45, 7) is 5.68. The van der Waals surface area contributed by atoms with Gasteiger partial charge in [0.05, 0.1) is 24.8 Å². The maximum Gasteiger partial charge on any atom is 0.300 e. The number of ether oxygens (including phenoxy) is 2. The number of aromatic hydroxyl groups is 1. The maximum atomic E-state index is 13.3. The Bertz CT molecular complexity index is 1310. The topological polar surface area (TPSA) is 96.3 Å². The molecule has 7 nitrogen and oxygen atoms in total. The smallest absolute Gasteiger partial charge is 0.300 e. The van der Waals surface area contributed by atoms with Gasteiger partial charge in [0, 0.05) is 11.3 Å². The number of phenols is 1. The highest BCUT2D eigenvalue weighted by Crippen LogP contribution is 2.43. The van der Waals surface area contributed by atoms with Crippen LogP contribution in [0, 0.1) is 6.92 Å². The van der Waals surface area contributed by atoms with Crippen LogP contribution in [-0.4, -0.2) is 35.1 Å². The number of aliphatic hydroxyl groups is 1. The van der Waals surface area contributed by atoms with Crippen LogP contribution in [0.5, 0.6) is 17.2 Å². The number of hydrogen-bond donors (Lipinski definition) is 2. The van der Waals surface area contributed by atoms with Crippen molar-refractivity contribution in [3.8, 4) is 17.2 Å². The summed E-state index contributed by atoms with van der Waals surface area (Å²) in [5, 5.41) is 21.4. The molecule has 35 heavy (non-hydrogen) atoms. The number of amides is 1. The summed E-state index contributed by atoms with van der Waals surface area (Å²) in [4.78, 5) is 27.8. The second-order valence-corrected chi connectivity index (χ2v) is 8.61. The number of aryl methyl sites for hydroxylation is 1. The highest BCUT2D eigenvalue weighted by molar-refractivity contribution is 6.51. The van der Waals surface area contributed by atoms with E-state index in [-0.39, 0.29) is 23.2 Å². The van der Waals surface area contributed by atoms with E-state index in [2.05, 4.69) is 0 Å². The van der Waals surface area contributed by atoms with Crippen molar-refractivity contribution in [1.29, 1.82) is 0 Å². The van der Waals surface area contributed by atoms with Crippen molar-refractivity contribution < 1.29 is 29.3 Å². The summed E-state index contributed by atoms with van der Waals surface area (Å²) >= 11 is 0. The van der Waals surface area contributed by atoms with E-state index in [1.807, 2.05) is 20.8 Å². The Kier molecular flexibility index (Phi) is 6.51. The standard InChI is InChI=1S/C28H27NO6/c1-16(2)35-23-13-8-19(14-17(23)3)26(31)24-25(18-6-5-7-21(30)15-18)29(28(33)27(24)32)20-9-11-22(34-4)12-10-20/h5-16,25,30-31H,1-4H3/b26-24-. The minimum absolute atomic E-state index is 0.0196. The quantitative estimate of drug-likeness (QED) is 0.293. The predicted molar refractivity (Wildman–Crippen MR) is 133 cm³/mol. The fourth-order valence-electron chi connectivity index (χ4n) is 4.19. The molecule has 1 saturated heterocycles. The molecule has 1 aliphatic heterocycles. The molecule has 180 valence electrons. The number of anilines is 1. The lowest BCUT2D eigenvalue weighted by Gasteiger charge is -2.25. The monoisotopic (exact) mass is 473 g/mol. The molecule has 0 bridgehead atoms. The van der Waals surface area contributed by atoms with Gasteiger partial charge in [-0.2, -0.15) is 0 Å². The first kappa shape index (κ1) is 23.9. The fourth-order valence-corrected chi connectivity index (χ4v) is 4.19. The molecule has 7 heteroatoms. The molecule has 4 rings (SSSR count). The number of benzene rings is 3. The second kappa shape index (κ2) is 9.54. The normalized spacial score (nSPS) is 17.2. The third-order valence-corrected chi connectivity index (χ3v) is 5.79. The highest BCUT2D eigenvalue weighted by atomic mass is 16.5. The van der Waals surface area contributed by atoms with Crippen molar-refractivity contribution in [2.24, 2.45) is 0 Å². The van der Waals surface area contributed by atoms with Crippen molar-refractivity contribution in [3.63, 3.8) is 0 Å². The zero-order valence-electron chi connectivity index (χ0n) is 20.0. The lowest BCUT2D eigenvalue weighted by molar-refractivity contribution is -0.132. The molecule has 0 spiro atoms. The molecule has 1 aliphatic rings. The number of aliphatic hydroxyl groups excluding tert-OH is 1. The third kappa shape index (κ3) is 4.57. The van der Waals surface area contributed by atoms with Crippen LogP contribution < -0.4 is 14.4 Å². The minimum Gasteiger partial charge on any atom is -0.508 e. The molecule has 0 aliphatic carbocycles. The van der Waals surface area contributed by atoms with Crippen LogP contribution in [0.3, 0.4) is 0 Å². The van der Waals surface area contributed by atoms with Gasteiger partial charge in [-0.15, -0.1) is 0 Å². The zero-order valence-corrected chi connectivity index (χ0v) is 20.0. The van der Waals surface area contributed by atoms with E-state index >= 15 is 0 Å². The molecule has 0 radical (unpaired) electrons. The fraction of sp³-hybridized carbons (Fsp3) is 0.214. The Morgan fingerprint density at radius 1 is 1.00 bits per heavy atom. The number of rotatable bonds is 6. The van der Waals surface area contributed by atoms with E-state index in [0.29, 0.717) is 28.3 Å². The van der Waals surface area contributed by atoms with Crippen LogP contribution in [0.25, 0.3) is 5.76 Å². The van der Waals surface area contributed by atoms with Gasteiger partial charge in [0.15, 0.2) is 0 Å². The molecule has 3 aromatic carbocycles. The van der Waals surface area contributed by atoms with Crippen molar-refractivity contribution in [3.05, 3.63) is 89.0 Å². The van der Waals surface area contributed by atoms with Crippen LogP contribution >= 0.6 is 0 Å². The van der Waals surface area contributed by atoms with Crippen molar-refractivity contribution >= 4 is 23.1 Å². The van der Waals surface area contributed by atoms with E-state index in [1.165, 1.54) is 24.1 Å². The Balaban J connectivity index is 1.88. The largest absolute Gasteiger partial charge is 0.508 e. The summed E-state index contributed by atoms with van der Waals surface area (Å²) in [6.07, 6.45) is -0.0197. The second-order valence-electron chi connectivity index (χ2n) is 8.61. The van der Waals surface area contributed by atoms with Gasteiger partial charge in [-0.1, -0.05) is 12.1 Å². The summed E-state index contributed by atoms with van der Waals surface area (Å²) in [6, 6.07) is 17.2. The molecule has 0 saturated carbocycles. The van der Waals surface area contributed by atoms with Gasteiger partial charge in [-0.05, 0) is 86.5 Å². The Hall–Kier alpha value is -4.26. The van der Waals surface area contributed by atoms with E-state index in [9.17, 15) is 19.8 Å². The van der Waals surface area contributed by atoms with Gasteiger partial charge in [0.2, 0.25) is 0 Å². The minimum atomic E-state index is -0.942. The molecule has 2 N–H and O–H groups in total. The highest BCUT2D eigenvalue weighted by Gasteiger charge is 2.47. The molecule has 1 atom stereocenters. The number of Topliss-reactive ketones (excluding diaryl/α,β-unsaturated/α-hetero) is 1. The third-order valence-electron chi connectivity index (χ3n) is 5.79.